The van der Waals surface area contributed by atoms with Crippen molar-refractivity contribution in [2.75, 3.05) is 0 Å². The average molecular weight is 250 g/mol. The van der Waals surface area contributed by atoms with Crippen LogP contribution in [0, 0.1) is 0 Å². The van der Waals surface area contributed by atoms with Crippen molar-refractivity contribution >= 4 is 20.9 Å². The maximum absolute atomic E-state index is 11.5. The highest BCUT2D eigenvalue weighted by Gasteiger charge is 2.35. The van der Waals surface area contributed by atoms with Crippen molar-refractivity contribution in [3.8, 4) is 0 Å². The quantitative estimate of drug-likeness (QED) is 0.834. The first kappa shape index (κ1) is 12.1. The minimum atomic E-state index is -4.15. The van der Waals surface area contributed by atoms with Crippen LogP contribution >= 0.6 is 0 Å². The van der Waals surface area contributed by atoms with E-state index in [1.54, 1.807) is 12.1 Å². The number of benzene rings is 2. The highest BCUT2D eigenvalue weighted by molar-refractivity contribution is 7.86. The normalized spacial score (nSPS) is 12.9. The molecule has 0 saturated carbocycles. The van der Waals surface area contributed by atoms with Gasteiger partial charge < -0.3 is 0 Å². The Morgan fingerprint density at radius 2 is 1.59 bits per heavy atom. The average Bonchev–Trinajstić information content (AvgIpc) is 2.26. The summed E-state index contributed by atoms with van der Waals surface area (Å²) in [5.41, 5.74) is 0.609. The molecular weight excluding hydrogens is 236 g/mol. The van der Waals surface area contributed by atoms with Crippen LogP contribution in [0.3, 0.4) is 0 Å². The van der Waals surface area contributed by atoms with Gasteiger partial charge in [0.2, 0.25) is 0 Å². The van der Waals surface area contributed by atoms with Crippen molar-refractivity contribution in [2.45, 2.75) is 18.6 Å². The molecule has 0 unspecified atom stereocenters. The lowest BCUT2D eigenvalue weighted by atomic mass is 9.95. The molecule has 0 aliphatic carbocycles. The van der Waals surface area contributed by atoms with Gasteiger partial charge in [0.1, 0.15) is 4.75 Å². The van der Waals surface area contributed by atoms with Crippen molar-refractivity contribution in [2.24, 2.45) is 0 Å². The minimum absolute atomic E-state index is 0.609. The predicted octanol–water partition coefficient (Wildman–Crippen LogP) is 2.96. The molecule has 0 aliphatic rings. The third kappa shape index (κ3) is 1.94. The molecule has 4 heteroatoms. The molecule has 2 aromatic carbocycles. The second-order valence-electron chi connectivity index (χ2n) is 4.51. The first-order valence-corrected chi connectivity index (χ1v) is 6.73. The van der Waals surface area contributed by atoms with Crippen molar-refractivity contribution < 1.29 is 13.0 Å². The van der Waals surface area contributed by atoms with Gasteiger partial charge in [-0.05, 0) is 30.2 Å². The molecule has 1 N–H and O–H groups in total. The standard InChI is InChI=1S/C13H14O3S/c1-13(2,17(14,15)16)12-9-5-7-10-6-3-4-8-11(10)12/h3-9H,1-2H3,(H,14,15,16). The van der Waals surface area contributed by atoms with E-state index in [1.807, 2.05) is 30.3 Å². The fraction of sp³-hybridized carbons (Fsp3) is 0.231. The zero-order valence-corrected chi connectivity index (χ0v) is 10.5. The molecule has 0 amide bonds. The minimum Gasteiger partial charge on any atom is -0.285 e. The summed E-state index contributed by atoms with van der Waals surface area (Å²) in [5.74, 6) is 0. The van der Waals surface area contributed by atoms with Crippen LogP contribution in [-0.2, 0) is 14.9 Å². The van der Waals surface area contributed by atoms with E-state index in [0.717, 1.165) is 10.8 Å². The Bertz CT molecular complexity index is 652. The second kappa shape index (κ2) is 3.82. The van der Waals surface area contributed by atoms with Crippen molar-refractivity contribution in [1.82, 2.24) is 0 Å². The molecule has 0 aliphatic heterocycles. The molecule has 2 aromatic rings. The number of rotatable bonds is 2. The summed E-state index contributed by atoms with van der Waals surface area (Å²) < 4.78 is 30.9. The lowest BCUT2D eigenvalue weighted by molar-refractivity contribution is 0.446. The summed E-state index contributed by atoms with van der Waals surface area (Å²) >= 11 is 0. The summed E-state index contributed by atoms with van der Waals surface area (Å²) in [5, 5.41) is 1.80. The van der Waals surface area contributed by atoms with Gasteiger partial charge in [-0.1, -0.05) is 42.5 Å². The van der Waals surface area contributed by atoms with Gasteiger partial charge in [-0.15, -0.1) is 0 Å². The molecule has 0 atom stereocenters. The molecule has 0 heterocycles. The molecule has 2 rings (SSSR count). The highest BCUT2D eigenvalue weighted by Crippen LogP contribution is 2.33. The van der Waals surface area contributed by atoms with Crippen molar-refractivity contribution in [3.05, 3.63) is 48.0 Å². The molecular formula is C13H14O3S. The van der Waals surface area contributed by atoms with E-state index in [-0.39, 0.29) is 0 Å². The SMILES string of the molecule is CC(C)(c1cccc2ccccc12)S(=O)(=O)O. The van der Waals surface area contributed by atoms with Gasteiger partial charge in [0.25, 0.3) is 10.1 Å². The summed E-state index contributed by atoms with van der Waals surface area (Å²) in [7, 11) is -4.15. The van der Waals surface area contributed by atoms with Crippen LogP contribution in [0.5, 0.6) is 0 Å². The number of hydrogen-bond acceptors (Lipinski definition) is 2. The summed E-state index contributed by atoms with van der Waals surface area (Å²) in [4.78, 5) is 0. The van der Waals surface area contributed by atoms with E-state index in [1.165, 1.54) is 13.8 Å². The topological polar surface area (TPSA) is 54.4 Å². The van der Waals surface area contributed by atoms with Crippen LogP contribution in [0.4, 0.5) is 0 Å². The van der Waals surface area contributed by atoms with E-state index >= 15 is 0 Å². The summed E-state index contributed by atoms with van der Waals surface area (Å²) in [6, 6.07) is 13.0. The van der Waals surface area contributed by atoms with Crippen LogP contribution < -0.4 is 0 Å². The van der Waals surface area contributed by atoms with Crippen molar-refractivity contribution in [3.63, 3.8) is 0 Å². The second-order valence-corrected chi connectivity index (χ2v) is 6.48. The molecule has 90 valence electrons. The van der Waals surface area contributed by atoms with Crippen LogP contribution in [0.25, 0.3) is 10.8 Å². The van der Waals surface area contributed by atoms with Gasteiger partial charge in [-0.25, -0.2) is 0 Å². The molecule has 0 spiro atoms. The zero-order valence-electron chi connectivity index (χ0n) is 9.71. The summed E-state index contributed by atoms with van der Waals surface area (Å²) in [6.45, 7) is 3.01. The van der Waals surface area contributed by atoms with Gasteiger partial charge in [0, 0.05) is 0 Å². The molecule has 0 radical (unpaired) electrons. The summed E-state index contributed by atoms with van der Waals surface area (Å²) in [6.07, 6.45) is 0. The Kier molecular flexibility index (Phi) is 2.72. The Hall–Kier alpha value is -1.39. The van der Waals surface area contributed by atoms with Gasteiger partial charge in [-0.2, -0.15) is 8.42 Å². The lowest BCUT2D eigenvalue weighted by Gasteiger charge is -2.23. The first-order chi connectivity index (χ1) is 7.84. The smallest absolute Gasteiger partial charge is 0.274 e. The molecule has 0 saturated heterocycles. The Morgan fingerprint density at radius 1 is 1.00 bits per heavy atom. The van der Waals surface area contributed by atoms with E-state index in [4.69, 9.17) is 0 Å². The van der Waals surface area contributed by atoms with Gasteiger partial charge >= 0.3 is 0 Å². The van der Waals surface area contributed by atoms with E-state index in [2.05, 4.69) is 0 Å². The predicted molar refractivity (Wildman–Crippen MR) is 68.5 cm³/mol. The highest BCUT2D eigenvalue weighted by atomic mass is 32.2. The van der Waals surface area contributed by atoms with Gasteiger partial charge in [-0.3, -0.25) is 4.55 Å². The van der Waals surface area contributed by atoms with E-state index in [0.29, 0.717) is 5.56 Å². The van der Waals surface area contributed by atoms with Gasteiger partial charge in [0.05, 0.1) is 0 Å². The largest absolute Gasteiger partial charge is 0.285 e. The third-order valence-corrected chi connectivity index (χ3v) is 4.59. The van der Waals surface area contributed by atoms with Crippen LogP contribution in [0.15, 0.2) is 42.5 Å². The lowest BCUT2D eigenvalue weighted by Crippen LogP contribution is -2.28. The fourth-order valence-corrected chi connectivity index (χ4v) is 2.35. The van der Waals surface area contributed by atoms with Crippen molar-refractivity contribution in [1.29, 1.82) is 0 Å². The Morgan fingerprint density at radius 3 is 2.24 bits per heavy atom. The van der Waals surface area contributed by atoms with E-state index < -0.39 is 14.9 Å². The maximum Gasteiger partial charge on any atom is 0.274 e. The molecule has 17 heavy (non-hydrogen) atoms. The van der Waals surface area contributed by atoms with Gasteiger partial charge in [0.15, 0.2) is 0 Å². The maximum atomic E-state index is 11.5. The third-order valence-electron chi connectivity index (χ3n) is 3.08. The molecule has 0 fully saturated rings. The van der Waals surface area contributed by atoms with Crippen LogP contribution in [0.2, 0.25) is 0 Å². The molecule has 3 nitrogen and oxygen atoms in total. The fourth-order valence-electron chi connectivity index (χ4n) is 1.89. The number of hydrogen-bond donors (Lipinski definition) is 1. The monoisotopic (exact) mass is 250 g/mol. The van der Waals surface area contributed by atoms with Crippen LogP contribution in [-0.4, -0.2) is 13.0 Å². The zero-order chi connectivity index (χ0) is 12.7. The first-order valence-electron chi connectivity index (χ1n) is 5.29. The Balaban J connectivity index is 2.81. The Labute approximate surface area is 101 Å². The molecule has 0 bridgehead atoms. The molecule has 0 aromatic heterocycles. The number of fused-ring (bicyclic) bond motifs is 1. The van der Waals surface area contributed by atoms with Crippen LogP contribution in [0.1, 0.15) is 19.4 Å². The van der Waals surface area contributed by atoms with E-state index in [9.17, 15) is 13.0 Å².